The fourth-order valence-corrected chi connectivity index (χ4v) is 4.08. The molecule has 0 aromatic heterocycles. The van der Waals surface area contributed by atoms with Crippen LogP contribution < -0.4 is 0 Å². The van der Waals surface area contributed by atoms with Gasteiger partial charge in [-0.15, -0.1) is 0 Å². The number of hydrogen-bond acceptors (Lipinski definition) is 4. The lowest BCUT2D eigenvalue weighted by molar-refractivity contribution is -0.140. The number of esters is 1. The third kappa shape index (κ3) is 3.37. The molecule has 0 fully saturated rings. The van der Waals surface area contributed by atoms with Gasteiger partial charge in [0, 0.05) is 6.54 Å². The molecule has 1 rings (SSSR count). The van der Waals surface area contributed by atoms with Crippen molar-refractivity contribution in [2.45, 2.75) is 32.6 Å². The molecule has 0 saturated carbocycles. The topological polar surface area (TPSA) is 63.7 Å². The lowest BCUT2D eigenvalue weighted by Crippen LogP contribution is -2.36. The second-order valence-corrected chi connectivity index (χ2v) is 6.61. The van der Waals surface area contributed by atoms with E-state index >= 15 is 0 Å². The Balaban J connectivity index is 3.31. The van der Waals surface area contributed by atoms with Crippen LogP contribution in [0.15, 0.2) is 17.0 Å². The Kier molecular flexibility index (Phi) is 5.30. The van der Waals surface area contributed by atoms with Gasteiger partial charge >= 0.3 is 5.97 Å². The predicted molar refractivity (Wildman–Crippen MR) is 77.1 cm³/mol. The molecule has 0 saturated heterocycles. The first-order chi connectivity index (χ1) is 9.23. The molecule has 0 aliphatic heterocycles. The number of likely N-dealkylation sites (N-methyl/N-ethyl adjacent to an activating group) is 1. The molecule has 0 atom stereocenters. The summed E-state index contributed by atoms with van der Waals surface area (Å²) in [6.45, 7) is 7.08. The van der Waals surface area contributed by atoms with Crippen LogP contribution in [0.5, 0.6) is 0 Å². The van der Waals surface area contributed by atoms with Crippen molar-refractivity contribution in [3.8, 4) is 0 Å². The molecule has 0 spiro atoms. The molecule has 6 heteroatoms. The second kappa shape index (κ2) is 6.37. The van der Waals surface area contributed by atoms with Crippen molar-refractivity contribution in [2.24, 2.45) is 0 Å². The molecule has 0 radical (unpaired) electrons. The number of carbonyl (C=O) groups excluding carboxylic acids is 1. The smallest absolute Gasteiger partial charge is 0.321 e. The van der Waals surface area contributed by atoms with Crippen molar-refractivity contribution < 1.29 is 17.9 Å². The van der Waals surface area contributed by atoms with E-state index in [-0.39, 0.29) is 18.0 Å². The van der Waals surface area contributed by atoms with E-state index in [1.807, 2.05) is 19.1 Å². The number of sulfonamides is 1. The number of aryl methyl sites for hydroxylation is 3. The van der Waals surface area contributed by atoms with Gasteiger partial charge in [-0.05, 0) is 31.9 Å². The van der Waals surface area contributed by atoms with Gasteiger partial charge < -0.3 is 4.74 Å². The third-order valence-corrected chi connectivity index (χ3v) is 5.32. The fraction of sp³-hybridized carbons (Fsp3) is 0.500. The van der Waals surface area contributed by atoms with E-state index in [0.717, 1.165) is 9.87 Å². The first-order valence-corrected chi connectivity index (χ1v) is 7.82. The van der Waals surface area contributed by atoms with Crippen molar-refractivity contribution in [1.29, 1.82) is 0 Å². The molecule has 1 aromatic carbocycles. The molecule has 112 valence electrons. The molecular formula is C14H21NO4S. The number of carbonyl (C=O) groups is 1. The number of methoxy groups -OCH3 is 1. The van der Waals surface area contributed by atoms with Gasteiger partial charge in [-0.1, -0.05) is 24.6 Å². The van der Waals surface area contributed by atoms with Crippen LogP contribution in [0.4, 0.5) is 0 Å². The number of benzene rings is 1. The average Bonchev–Trinajstić information content (AvgIpc) is 2.33. The van der Waals surface area contributed by atoms with E-state index in [9.17, 15) is 13.2 Å². The van der Waals surface area contributed by atoms with Crippen molar-refractivity contribution in [3.05, 3.63) is 28.8 Å². The quantitative estimate of drug-likeness (QED) is 0.778. The Morgan fingerprint density at radius 1 is 1.20 bits per heavy atom. The zero-order valence-corrected chi connectivity index (χ0v) is 13.4. The van der Waals surface area contributed by atoms with Gasteiger partial charge in [0.25, 0.3) is 0 Å². The summed E-state index contributed by atoms with van der Waals surface area (Å²) in [6.07, 6.45) is 0. The van der Waals surface area contributed by atoms with Gasteiger partial charge in [0.15, 0.2) is 0 Å². The van der Waals surface area contributed by atoms with E-state index < -0.39 is 16.0 Å². The lowest BCUT2D eigenvalue weighted by Gasteiger charge is -2.22. The van der Waals surface area contributed by atoms with Gasteiger partial charge in [-0.3, -0.25) is 4.79 Å². The summed E-state index contributed by atoms with van der Waals surface area (Å²) in [7, 11) is -2.46. The number of nitrogens with zero attached hydrogens (tertiary/aromatic N) is 1. The molecule has 0 amide bonds. The molecule has 0 heterocycles. The average molecular weight is 299 g/mol. The molecule has 0 aliphatic carbocycles. The summed E-state index contributed by atoms with van der Waals surface area (Å²) in [5, 5.41) is 0. The first-order valence-electron chi connectivity index (χ1n) is 6.38. The summed E-state index contributed by atoms with van der Waals surface area (Å²) in [6, 6.07) is 3.65. The lowest BCUT2D eigenvalue weighted by atomic mass is 10.1. The van der Waals surface area contributed by atoms with E-state index in [0.29, 0.717) is 11.1 Å². The summed E-state index contributed by atoms with van der Waals surface area (Å²) < 4.78 is 31.0. The minimum absolute atomic E-state index is 0.212. The maximum absolute atomic E-state index is 12.7. The summed E-state index contributed by atoms with van der Waals surface area (Å²) >= 11 is 0. The van der Waals surface area contributed by atoms with Crippen LogP contribution in [0.2, 0.25) is 0 Å². The van der Waals surface area contributed by atoms with Gasteiger partial charge in [0.2, 0.25) is 10.0 Å². The Bertz CT molecular complexity index is 585. The maximum atomic E-state index is 12.7. The first kappa shape index (κ1) is 16.7. The summed E-state index contributed by atoms with van der Waals surface area (Å²) in [5.41, 5.74) is 2.38. The van der Waals surface area contributed by atoms with Crippen LogP contribution in [0.3, 0.4) is 0 Å². The highest BCUT2D eigenvalue weighted by molar-refractivity contribution is 7.89. The van der Waals surface area contributed by atoms with Crippen LogP contribution in [-0.4, -0.2) is 38.9 Å². The van der Waals surface area contributed by atoms with E-state index in [1.54, 1.807) is 20.8 Å². The van der Waals surface area contributed by atoms with Crippen LogP contribution in [-0.2, 0) is 19.6 Å². The molecule has 0 unspecified atom stereocenters. The molecule has 20 heavy (non-hydrogen) atoms. The zero-order chi connectivity index (χ0) is 15.5. The SMILES string of the molecule is CCN(CC(=O)OC)S(=O)(=O)c1c(C)cc(C)cc1C. The summed E-state index contributed by atoms with van der Waals surface area (Å²) in [5.74, 6) is -0.571. The number of ether oxygens (including phenoxy) is 1. The van der Waals surface area contributed by atoms with Gasteiger partial charge in [-0.25, -0.2) is 8.42 Å². The summed E-state index contributed by atoms with van der Waals surface area (Å²) in [4.78, 5) is 11.6. The van der Waals surface area contributed by atoms with E-state index in [1.165, 1.54) is 7.11 Å². The Hall–Kier alpha value is -1.40. The minimum atomic E-state index is -3.70. The van der Waals surface area contributed by atoms with Gasteiger partial charge in [-0.2, -0.15) is 4.31 Å². The molecule has 5 nitrogen and oxygen atoms in total. The molecular weight excluding hydrogens is 278 g/mol. The van der Waals surface area contributed by atoms with Gasteiger partial charge in [0.1, 0.15) is 6.54 Å². The molecule has 0 N–H and O–H groups in total. The number of rotatable bonds is 5. The second-order valence-electron chi connectivity index (χ2n) is 4.74. The highest BCUT2D eigenvalue weighted by atomic mass is 32.2. The molecule has 0 bridgehead atoms. The molecule has 0 aliphatic rings. The monoisotopic (exact) mass is 299 g/mol. The Morgan fingerprint density at radius 3 is 2.10 bits per heavy atom. The van der Waals surface area contributed by atoms with Crippen molar-refractivity contribution in [2.75, 3.05) is 20.2 Å². The largest absolute Gasteiger partial charge is 0.468 e. The van der Waals surface area contributed by atoms with E-state index in [4.69, 9.17) is 0 Å². The minimum Gasteiger partial charge on any atom is -0.468 e. The van der Waals surface area contributed by atoms with Crippen LogP contribution >= 0.6 is 0 Å². The number of hydrogen-bond donors (Lipinski definition) is 0. The van der Waals surface area contributed by atoms with Crippen molar-refractivity contribution in [1.82, 2.24) is 4.31 Å². The van der Waals surface area contributed by atoms with Gasteiger partial charge in [0.05, 0.1) is 12.0 Å². The fourth-order valence-electron chi connectivity index (χ4n) is 2.28. The maximum Gasteiger partial charge on any atom is 0.321 e. The standard InChI is InChI=1S/C14H21NO4S/c1-6-15(9-13(16)19-5)20(17,18)14-11(3)7-10(2)8-12(14)4/h7-8H,6,9H2,1-5H3. The van der Waals surface area contributed by atoms with Crippen LogP contribution in [0.1, 0.15) is 23.6 Å². The predicted octanol–water partition coefficient (Wildman–Crippen LogP) is 1.80. The highest BCUT2D eigenvalue weighted by Gasteiger charge is 2.28. The Labute approximate surface area is 120 Å². The highest BCUT2D eigenvalue weighted by Crippen LogP contribution is 2.25. The normalized spacial score (nSPS) is 11.7. The zero-order valence-electron chi connectivity index (χ0n) is 12.6. The van der Waals surface area contributed by atoms with Crippen molar-refractivity contribution >= 4 is 16.0 Å². The van der Waals surface area contributed by atoms with Crippen molar-refractivity contribution in [3.63, 3.8) is 0 Å². The Morgan fingerprint density at radius 2 is 1.70 bits per heavy atom. The van der Waals surface area contributed by atoms with Crippen LogP contribution in [0.25, 0.3) is 0 Å². The van der Waals surface area contributed by atoms with E-state index in [2.05, 4.69) is 4.74 Å². The van der Waals surface area contributed by atoms with Crippen LogP contribution in [0, 0.1) is 20.8 Å². The molecule has 1 aromatic rings. The third-order valence-electron chi connectivity index (χ3n) is 3.09.